The second-order valence-electron chi connectivity index (χ2n) is 8.73. The maximum atomic E-state index is 13.0. The molecule has 2 aromatic heterocycles. The molecule has 0 spiro atoms. The van der Waals surface area contributed by atoms with Crippen LogP contribution in [0.4, 0.5) is 0 Å². The van der Waals surface area contributed by atoms with Crippen LogP contribution in [0, 0.1) is 12.8 Å². The summed E-state index contributed by atoms with van der Waals surface area (Å²) >= 11 is 0. The molecule has 35 heavy (non-hydrogen) atoms. The number of benzene rings is 2. The third kappa shape index (κ3) is 4.77. The highest BCUT2D eigenvalue weighted by molar-refractivity contribution is 5.96. The molecule has 0 radical (unpaired) electrons. The number of carbonyl (C=O) groups is 2. The van der Waals surface area contributed by atoms with Gasteiger partial charge in [-0.05, 0) is 41.8 Å². The van der Waals surface area contributed by atoms with E-state index in [2.05, 4.69) is 5.32 Å². The molecule has 4 aromatic rings. The minimum atomic E-state index is -0.816. The van der Waals surface area contributed by atoms with Crippen LogP contribution in [0.15, 0.2) is 56.1 Å². The van der Waals surface area contributed by atoms with Gasteiger partial charge in [-0.15, -0.1) is 0 Å². The molecule has 182 valence electrons. The molecule has 8 nitrogen and oxygen atoms in total. The Balaban J connectivity index is 1.80. The summed E-state index contributed by atoms with van der Waals surface area (Å²) in [5, 5.41) is 4.83. The average molecular weight is 477 g/mol. The second kappa shape index (κ2) is 9.66. The minimum Gasteiger partial charge on any atom is -0.497 e. The van der Waals surface area contributed by atoms with Crippen molar-refractivity contribution in [1.82, 2.24) is 5.32 Å². The molecule has 8 heteroatoms. The predicted molar refractivity (Wildman–Crippen MR) is 133 cm³/mol. The molecule has 0 saturated carbocycles. The Morgan fingerprint density at radius 3 is 2.49 bits per heavy atom. The number of primary amides is 1. The van der Waals surface area contributed by atoms with Gasteiger partial charge in [-0.1, -0.05) is 38.5 Å². The van der Waals surface area contributed by atoms with Crippen LogP contribution in [-0.2, 0) is 16.0 Å². The molecule has 0 unspecified atom stereocenters. The maximum absolute atomic E-state index is 13.0. The van der Waals surface area contributed by atoms with Crippen molar-refractivity contribution in [3.05, 3.63) is 64.2 Å². The maximum Gasteiger partial charge on any atom is 0.347 e. The fraction of sp³-hybridized carbons (Fsp3) is 0.296. The van der Waals surface area contributed by atoms with Crippen LogP contribution >= 0.6 is 0 Å². The van der Waals surface area contributed by atoms with Gasteiger partial charge in [0, 0.05) is 17.2 Å². The van der Waals surface area contributed by atoms with E-state index in [-0.39, 0.29) is 17.7 Å². The number of fused-ring (bicyclic) bond motifs is 2. The predicted octanol–water partition coefficient (Wildman–Crippen LogP) is 4.08. The molecule has 4 rings (SSSR count). The summed E-state index contributed by atoms with van der Waals surface area (Å²) in [5.74, 6) is 0.348. The van der Waals surface area contributed by atoms with E-state index >= 15 is 0 Å². The Labute approximate surface area is 202 Å². The summed E-state index contributed by atoms with van der Waals surface area (Å²) in [6.45, 7) is 5.41. The molecule has 2 amide bonds. The standard InChI is InChI=1S/C27H28N2O6/c1-5-14(2)24(26(28)31)29-22(30)13-20-23-21(10-15(3)34-27(23)32)35-25(20)18-7-6-17-12-19(33-4)9-8-16(17)11-18/h6-12,14,24H,5,13H2,1-4H3,(H2,28,31)(H,29,30)/t14-,24-/m0/s1. The van der Waals surface area contributed by atoms with E-state index in [0.29, 0.717) is 34.7 Å². The minimum absolute atomic E-state index is 0.137. The van der Waals surface area contributed by atoms with Gasteiger partial charge in [-0.3, -0.25) is 9.59 Å². The van der Waals surface area contributed by atoms with Gasteiger partial charge < -0.3 is 24.6 Å². The first kappa shape index (κ1) is 24.1. The third-order valence-corrected chi connectivity index (χ3v) is 6.31. The lowest BCUT2D eigenvalue weighted by Crippen LogP contribution is -2.48. The van der Waals surface area contributed by atoms with Crippen LogP contribution in [0.25, 0.3) is 33.1 Å². The van der Waals surface area contributed by atoms with Crippen molar-refractivity contribution in [2.75, 3.05) is 7.11 Å². The monoisotopic (exact) mass is 476 g/mol. The van der Waals surface area contributed by atoms with Crippen LogP contribution in [0.5, 0.6) is 5.75 Å². The van der Waals surface area contributed by atoms with Gasteiger partial charge in [-0.2, -0.15) is 0 Å². The summed E-state index contributed by atoms with van der Waals surface area (Å²) < 4.78 is 16.7. The Morgan fingerprint density at radius 2 is 1.80 bits per heavy atom. The number of aryl methyl sites for hydroxylation is 1. The van der Waals surface area contributed by atoms with E-state index in [9.17, 15) is 14.4 Å². The zero-order valence-electron chi connectivity index (χ0n) is 20.1. The first-order valence-corrected chi connectivity index (χ1v) is 11.4. The van der Waals surface area contributed by atoms with Crippen LogP contribution in [0.3, 0.4) is 0 Å². The van der Waals surface area contributed by atoms with E-state index < -0.39 is 23.5 Å². The highest BCUT2D eigenvalue weighted by Gasteiger charge is 2.27. The molecule has 0 saturated heterocycles. The number of hydrogen-bond acceptors (Lipinski definition) is 6. The molecule has 0 aliphatic heterocycles. The number of furan rings is 1. The summed E-state index contributed by atoms with van der Waals surface area (Å²) in [6, 6.07) is 12.2. The lowest BCUT2D eigenvalue weighted by atomic mass is 9.97. The quantitative estimate of drug-likeness (QED) is 0.395. The third-order valence-electron chi connectivity index (χ3n) is 6.31. The van der Waals surface area contributed by atoms with Crippen LogP contribution in [0.2, 0.25) is 0 Å². The smallest absolute Gasteiger partial charge is 0.347 e. The van der Waals surface area contributed by atoms with Crippen molar-refractivity contribution in [1.29, 1.82) is 0 Å². The molecular formula is C27H28N2O6. The van der Waals surface area contributed by atoms with Crippen molar-refractivity contribution in [2.24, 2.45) is 11.7 Å². The van der Waals surface area contributed by atoms with E-state index in [1.165, 1.54) is 0 Å². The van der Waals surface area contributed by atoms with Crippen molar-refractivity contribution in [2.45, 2.75) is 39.7 Å². The molecule has 0 bridgehead atoms. The van der Waals surface area contributed by atoms with Gasteiger partial charge in [0.15, 0.2) is 0 Å². The van der Waals surface area contributed by atoms with Gasteiger partial charge in [0.25, 0.3) is 0 Å². The topological polar surface area (TPSA) is 125 Å². The zero-order chi connectivity index (χ0) is 25.3. The summed E-state index contributed by atoms with van der Waals surface area (Å²) in [5.41, 5.74) is 6.36. The molecule has 0 aliphatic carbocycles. The average Bonchev–Trinajstić information content (AvgIpc) is 3.19. The van der Waals surface area contributed by atoms with Gasteiger partial charge in [-0.25, -0.2) is 4.79 Å². The van der Waals surface area contributed by atoms with Crippen molar-refractivity contribution >= 4 is 33.6 Å². The first-order chi connectivity index (χ1) is 16.7. The molecule has 2 aromatic carbocycles. The number of carbonyl (C=O) groups excluding carboxylic acids is 2. The lowest BCUT2D eigenvalue weighted by molar-refractivity contribution is -0.128. The number of methoxy groups -OCH3 is 1. The lowest BCUT2D eigenvalue weighted by Gasteiger charge is -2.21. The molecule has 2 atom stereocenters. The Hall–Kier alpha value is -4.07. The molecule has 0 aliphatic rings. The number of amides is 2. The molecule has 3 N–H and O–H groups in total. The highest BCUT2D eigenvalue weighted by Crippen LogP contribution is 2.35. The molecule has 0 fully saturated rings. The first-order valence-electron chi connectivity index (χ1n) is 11.4. The largest absolute Gasteiger partial charge is 0.497 e. The van der Waals surface area contributed by atoms with E-state index in [1.54, 1.807) is 20.1 Å². The number of nitrogens with two attached hydrogens (primary N) is 1. The van der Waals surface area contributed by atoms with Crippen molar-refractivity contribution in [3.8, 4) is 17.1 Å². The fourth-order valence-electron chi connectivity index (χ4n) is 4.23. The number of rotatable bonds is 8. The van der Waals surface area contributed by atoms with Gasteiger partial charge in [0.05, 0.1) is 13.5 Å². The summed E-state index contributed by atoms with van der Waals surface area (Å²) in [6.07, 6.45) is 0.482. The summed E-state index contributed by atoms with van der Waals surface area (Å²) in [7, 11) is 1.61. The van der Waals surface area contributed by atoms with Gasteiger partial charge in [0.1, 0.15) is 34.3 Å². The second-order valence-corrected chi connectivity index (χ2v) is 8.73. The van der Waals surface area contributed by atoms with Crippen LogP contribution < -0.4 is 21.4 Å². The van der Waals surface area contributed by atoms with E-state index in [4.69, 9.17) is 19.3 Å². The Morgan fingerprint density at radius 1 is 1.09 bits per heavy atom. The number of nitrogens with one attached hydrogen (secondary N) is 1. The number of hydrogen-bond donors (Lipinski definition) is 2. The summed E-state index contributed by atoms with van der Waals surface area (Å²) in [4.78, 5) is 37.7. The highest BCUT2D eigenvalue weighted by atomic mass is 16.5. The Bertz CT molecular complexity index is 1480. The van der Waals surface area contributed by atoms with Crippen molar-refractivity contribution < 1.29 is 23.2 Å². The van der Waals surface area contributed by atoms with E-state index in [1.807, 2.05) is 50.2 Å². The van der Waals surface area contributed by atoms with Gasteiger partial charge >= 0.3 is 5.63 Å². The zero-order valence-corrected chi connectivity index (χ0v) is 20.1. The normalized spacial score (nSPS) is 13.0. The fourth-order valence-corrected chi connectivity index (χ4v) is 4.23. The Kier molecular flexibility index (Phi) is 6.64. The van der Waals surface area contributed by atoms with E-state index in [0.717, 1.165) is 16.5 Å². The van der Waals surface area contributed by atoms with Crippen molar-refractivity contribution in [3.63, 3.8) is 0 Å². The van der Waals surface area contributed by atoms with Crippen LogP contribution in [-0.4, -0.2) is 25.0 Å². The molecular weight excluding hydrogens is 448 g/mol. The number of ether oxygens (including phenoxy) is 1. The van der Waals surface area contributed by atoms with Gasteiger partial charge in [0.2, 0.25) is 11.8 Å². The van der Waals surface area contributed by atoms with Crippen LogP contribution in [0.1, 0.15) is 31.6 Å². The molecule has 2 heterocycles. The SMILES string of the molecule is CC[C@H](C)[C@H](NC(=O)Cc1c(-c2ccc3cc(OC)ccc3c2)oc2cc(C)oc(=O)c12)C(N)=O.